The molecule has 0 nitrogen and oxygen atoms in total. The minimum atomic E-state index is -0.230. The lowest BCUT2D eigenvalue weighted by Gasteiger charge is -2.37. The fourth-order valence-electron chi connectivity index (χ4n) is 18.7. The van der Waals surface area contributed by atoms with Crippen LogP contribution in [-0.4, -0.2) is 13.4 Å². The minimum Gasteiger partial charge on any atom is -0.0657 e. The third-order valence-corrected chi connectivity index (χ3v) is 23.8. The Morgan fingerprint density at radius 1 is 0.196 bits per heavy atom. The summed E-state index contributed by atoms with van der Waals surface area (Å²) in [5, 5.41) is 8.27. The van der Waals surface area contributed by atoms with Gasteiger partial charge in [-0.05, 0) is 258 Å². The van der Waals surface area contributed by atoms with Crippen molar-refractivity contribution in [1.29, 1.82) is 0 Å². The molecule has 0 saturated heterocycles. The summed E-state index contributed by atoms with van der Waals surface area (Å²) in [5.74, 6) is 0. The SMILES string of the molecule is CC(C)(C)c1cc(C(C)(C)C)c(-c2cc3c4c(cc5c(-c6c(C(C)(C)C)cc(C(C)(C)C)cc6C(C)(C)C)cc6c7c(cc2c4c57)B2c4ccc(-c5ccccc5)cc4-c4cc(-c5ccccc5)cc-6c42)B2c4ccc(-c5ccccc5)cc4-c4cc(-c5ccccc5)cc-3c42)c(C(C)(C)C)c1. The predicted molar refractivity (Wildman–Crippen MR) is 446 cm³/mol. The molecule has 0 N–H and O–H groups in total. The van der Waals surface area contributed by atoms with Crippen molar-refractivity contribution < 1.29 is 0 Å². The van der Waals surface area contributed by atoms with Gasteiger partial charge in [0.15, 0.2) is 0 Å². The van der Waals surface area contributed by atoms with E-state index in [1.54, 1.807) is 0 Å². The van der Waals surface area contributed by atoms with Crippen molar-refractivity contribution in [2.75, 3.05) is 0 Å². The van der Waals surface area contributed by atoms with Crippen molar-refractivity contribution in [3.63, 3.8) is 0 Å². The number of benzene rings is 14. The van der Waals surface area contributed by atoms with E-state index in [4.69, 9.17) is 0 Å². The summed E-state index contributed by atoms with van der Waals surface area (Å²) in [7, 11) is 0. The second kappa shape index (κ2) is 21.9. The number of rotatable bonds is 6. The maximum atomic E-state index is 2.79. The monoisotopic (exact) mass is 1310 g/mol. The second-order valence-corrected chi connectivity index (χ2v) is 36.8. The highest BCUT2D eigenvalue weighted by Crippen LogP contribution is 2.56. The third-order valence-electron chi connectivity index (χ3n) is 23.8. The number of hydrogen-bond donors (Lipinski definition) is 0. The summed E-state index contributed by atoms with van der Waals surface area (Å²) in [6.07, 6.45) is 0. The molecule has 14 aromatic carbocycles. The first-order valence-electron chi connectivity index (χ1n) is 37.5. The van der Waals surface area contributed by atoms with Crippen molar-refractivity contribution in [3.05, 3.63) is 264 Å². The lowest BCUT2D eigenvalue weighted by atomic mass is 9.34. The van der Waals surface area contributed by atoms with Crippen LogP contribution in [0.5, 0.6) is 0 Å². The van der Waals surface area contributed by atoms with E-state index in [-0.39, 0.29) is 45.9 Å². The topological polar surface area (TPSA) is 0 Å². The molecule has 0 aliphatic carbocycles. The van der Waals surface area contributed by atoms with E-state index in [0.717, 1.165) is 0 Å². The van der Waals surface area contributed by atoms with E-state index in [1.807, 2.05) is 0 Å². The van der Waals surface area contributed by atoms with Gasteiger partial charge in [0.05, 0.1) is 0 Å². The van der Waals surface area contributed by atoms with Crippen LogP contribution in [0.2, 0.25) is 0 Å². The minimum absolute atomic E-state index is 0.0319. The van der Waals surface area contributed by atoms with Crippen molar-refractivity contribution in [2.45, 2.75) is 157 Å². The number of hydrogen-bond acceptors (Lipinski definition) is 0. The van der Waals surface area contributed by atoms with E-state index in [1.165, 1.54) is 210 Å². The predicted octanol–water partition coefficient (Wildman–Crippen LogP) is 23.3. The molecule has 2 heteroatoms. The van der Waals surface area contributed by atoms with Crippen LogP contribution in [0, 0.1) is 0 Å². The first-order chi connectivity index (χ1) is 48.4. The standard InChI is InChI=1S/C100H92B2/c1-95(2,3)65-49-79(97(7,8)9)87(80(50-65)98(10,11)12)69-53-71-77-47-63(59-35-27-21-28-36-59)45-75-67-43-62(58-33-25-20-26-34-58)40-42-84(67)102(93(75)77)86-56-74-70(88-81(99(13,14)15)51-66(96(4,5)6)52-82(88)100(16,17)18)54-72-78-48-64(60-37-29-22-30-38-60)46-76-68-44-61(57-31-23-19-24-32-57)39-41-83(68)101(94(76)78)85-55-73(69)91(89(71)86)92(74)90(72)85/h19-56H,1-18H3. The van der Waals surface area contributed by atoms with Gasteiger partial charge in [-0.3, -0.25) is 0 Å². The van der Waals surface area contributed by atoms with Gasteiger partial charge in [0.25, 0.3) is 0 Å². The zero-order valence-corrected chi connectivity index (χ0v) is 63.1. The molecule has 14 aromatic rings. The van der Waals surface area contributed by atoms with Crippen molar-refractivity contribution in [1.82, 2.24) is 0 Å². The van der Waals surface area contributed by atoms with E-state index >= 15 is 0 Å². The van der Waals surface area contributed by atoms with Crippen LogP contribution in [0.25, 0.3) is 144 Å². The van der Waals surface area contributed by atoms with Crippen LogP contribution in [-0.2, 0) is 32.5 Å². The molecule has 0 bridgehead atoms. The molecule has 18 rings (SSSR count). The van der Waals surface area contributed by atoms with E-state index in [0.29, 0.717) is 0 Å². The van der Waals surface area contributed by atoms with Gasteiger partial charge in [-0.15, -0.1) is 0 Å². The lowest BCUT2D eigenvalue weighted by molar-refractivity contribution is 0.550. The summed E-state index contributed by atoms with van der Waals surface area (Å²) in [5.41, 5.74) is 41.8. The Morgan fingerprint density at radius 2 is 0.471 bits per heavy atom. The highest BCUT2D eigenvalue weighted by molar-refractivity contribution is 7.03. The zero-order chi connectivity index (χ0) is 71.0. The summed E-state index contributed by atoms with van der Waals surface area (Å²) in [4.78, 5) is 0. The highest BCUT2D eigenvalue weighted by atomic mass is 14.4. The van der Waals surface area contributed by atoms with Crippen LogP contribution in [0.4, 0.5) is 0 Å². The van der Waals surface area contributed by atoms with Gasteiger partial charge >= 0.3 is 0 Å². The molecule has 4 aliphatic heterocycles. The van der Waals surface area contributed by atoms with Crippen LogP contribution >= 0.6 is 0 Å². The van der Waals surface area contributed by atoms with Gasteiger partial charge < -0.3 is 0 Å². The molecule has 0 fully saturated rings. The molecular weight excluding hydrogens is 1220 g/mol. The Morgan fingerprint density at radius 3 is 0.755 bits per heavy atom. The van der Waals surface area contributed by atoms with Crippen molar-refractivity contribution >= 4 is 78.5 Å². The van der Waals surface area contributed by atoms with E-state index in [2.05, 4.69) is 355 Å². The third kappa shape index (κ3) is 9.70. The molecule has 0 spiro atoms. The van der Waals surface area contributed by atoms with E-state index < -0.39 is 0 Å². The fraction of sp³-hybridized carbons (Fsp3) is 0.240. The largest absolute Gasteiger partial charge is 0.244 e. The smallest absolute Gasteiger partial charge is 0.0657 e. The Labute approximate surface area is 606 Å². The number of fused-ring (bicyclic) bond motifs is 10. The van der Waals surface area contributed by atoms with Crippen molar-refractivity contribution in [3.8, 4) is 111 Å². The Bertz CT molecular complexity index is 5440. The quantitative estimate of drug-likeness (QED) is 0.115. The first kappa shape index (κ1) is 64.4. The molecule has 0 aromatic heterocycles. The van der Waals surface area contributed by atoms with Crippen LogP contribution < -0.4 is 32.8 Å². The zero-order valence-electron chi connectivity index (χ0n) is 63.1. The molecule has 0 unspecified atom stereocenters. The van der Waals surface area contributed by atoms with E-state index in [9.17, 15) is 0 Å². The van der Waals surface area contributed by atoms with Gasteiger partial charge in [-0.1, -0.05) is 339 Å². The van der Waals surface area contributed by atoms with Gasteiger partial charge in [-0.25, -0.2) is 0 Å². The Hall–Kier alpha value is -9.75. The molecule has 102 heavy (non-hydrogen) atoms. The molecule has 0 atom stereocenters. The summed E-state index contributed by atoms with van der Waals surface area (Å²) in [6.45, 7) is 44.0. The molecule has 0 amide bonds. The molecular formula is C100H92B2. The first-order valence-corrected chi connectivity index (χ1v) is 37.5. The normalized spacial score (nSPS) is 13.7. The molecule has 4 heterocycles. The van der Waals surface area contributed by atoms with Crippen LogP contribution in [0.1, 0.15) is 158 Å². The van der Waals surface area contributed by atoms with Gasteiger partial charge in [0.2, 0.25) is 13.4 Å². The average molecular weight is 1320 g/mol. The average Bonchev–Trinajstić information content (AvgIpc) is 1.23. The van der Waals surface area contributed by atoms with Crippen LogP contribution in [0.3, 0.4) is 0 Å². The molecule has 498 valence electrons. The Balaban J connectivity index is 1.11. The summed E-state index contributed by atoms with van der Waals surface area (Å²) in [6, 6.07) is 91.4. The lowest BCUT2D eigenvalue weighted by Crippen LogP contribution is -2.53. The van der Waals surface area contributed by atoms with Gasteiger partial charge in [0.1, 0.15) is 0 Å². The summed E-state index contributed by atoms with van der Waals surface area (Å²) < 4.78 is 0. The summed E-state index contributed by atoms with van der Waals surface area (Å²) >= 11 is 0. The van der Waals surface area contributed by atoms with Gasteiger partial charge in [0, 0.05) is 0 Å². The maximum Gasteiger partial charge on any atom is 0.244 e. The second-order valence-electron chi connectivity index (χ2n) is 36.8. The fourth-order valence-corrected chi connectivity index (χ4v) is 18.7. The van der Waals surface area contributed by atoms with Crippen molar-refractivity contribution in [2.24, 2.45) is 0 Å². The maximum absolute atomic E-state index is 2.79. The van der Waals surface area contributed by atoms with Gasteiger partial charge in [-0.2, -0.15) is 0 Å². The molecule has 4 aliphatic rings. The highest BCUT2D eigenvalue weighted by Gasteiger charge is 2.47. The van der Waals surface area contributed by atoms with Crippen LogP contribution in [0.15, 0.2) is 231 Å². The molecule has 0 saturated carbocycles. The Kier molecular flexibility index (Phi) is 13.8. The molecule has 0 radical (unpaired) electrons.